The summed E-state index contributed by atoms with van der Waals surface area (Å²) in [7, 11) is 0. The normalized spacial score (nSPS) is 10.7. The Morgan fingerprint density at radius 2 is 1.75 bits per heavy atom. The highest BCUT2D eigenvalue weighted by molar-refractivity contribution is 6.08. The lowest BCUT2D eigenvalue weighted by atomic mass is 10.00. The van der Waals surface area contributed by atoms with Gasteiger partial charge in [0.1, 0.15) is 5.82 Å². The summed E-state index contributed by atoms with van der Waals surface area (Å²) in [6, 6.07) is 13.6. The van der Waals surface area contributed by atoms with Crippen molar-refractivity contribution in [1.82, 2.24) is 4.98 Å². The minimum Gasteiger partial charge on any atom is -0.294 e. The Kier molecular flexibility index (Phi) is 3.25. The summed E-state index contributed by atoms with van der Waals surface area (Å²) in [5, 5.41) is 1.84. The standard InChI is InChI=1S/C17H12FNO/c18-14-7-5-12(6-8-14)9-17(20)16-11-19-10-13-3-1-2-4-15(13)16/h1-8,10-11H,9H2. The summed E-state index contributed by atoms with van der Waals surface area (Å²) in [4.78, 5) is 16.5. The summed E-state index contributed by atoms with van der Waals surface area (Å²) < 4.78 is 12.9. The molecule has 0 spiro atoms. The number of carbonyl (C=O) groups is 1. The highest BCUT2D eigenvalue weighted by Gasteiger charge is 2.11. The van der Waals surface area contributed by atoms with E-state index in [1.165, 1.54) is 12.1 Å². The number of benzene rings is 2. The molecule has 1 heterocycles. The van der Waals surface area contributed by atoms with Crippen LogP contribution in [0, 0.1) is 5.82 Å². The van der Waals surface area contributed by atoms with E-state index in [0.717, 1.165) is 16.3 Å². The Bertz CT molecular complexity index is 760. The Hall–Kier alpha value is -2.55. The fourth-order valence-corrected chi connectivity index (χ4v) is 2.22. The third-order valence-corrected chi connectivity index (χ3v) is 3.25. The van der Waals surface area contributed by atoms with Gasteiger partial charge in [0.2, 0.25) is 0 Å². The van der Waals surface area contributed by atoms with Crippen LogP contribution in [0.2, 0.25) is 0 Å². The summed E-state index contributed by atoms with van der Waals surface area (Å²) >= 11 is 0. The van der Waals surface area contributed by atoms with Gasteiger partial charge in [-0.15, -0.1) is 0 Å². The molecule has 0 atom stereocenters. The van der Waals surface area contributed by atoms with Crippen molar-refractivity contribution in [2.24, 2.45) is 0 Å². The first-order valence-electron chi connectivity index (χ1n) is 6.34. The molecule has 0 aliphatic carbocycles. The van der Waals surface area contributed by atoms with E-state index in [0.29, 0.717) is 5.56 Å². The number of rotatable bonds is 3. The van der Waals surface area contributed by atoms with E-state index < -0.39 is 0 Å². The zero-order valence-corrected chi connectivity index (χ0v) is 10.7. The molecule has 3 rings (SSSR count). The molecule has 3 aromatic rings. The Labute approximate surface area is 115 Å². The molecule has 0 aliphatic heterocycles. The molecule has 0 saturated carbocycles. The zero-order chi connectivity index (χ0) is 13.9. The summed E-state index contributed by atoms with van der Waals surface area (Å²) in [5.41, 5.74) is 1.40. The minimum absolute atomic E-state index is 0.0130. The van der Waals surface area contributed by atoms with Crippen LogP contribution in [0.25, 0.3) is 10.8 Å². The maximum Gasteiger partial charge on any atom is 0.169 e. The molecule has 0 aliphatic rings. The van der Waals surface area contributed by atoms with Crippen LogP contribution in [0.15, 0.2) is 60.9 Å². The van der Waals surface area contributed by atoms with Crippen LogP contribution in [0.5, 0.6) is 0 Å². The zero-order valence-electron chi connectivity index (χ0n) is 10.7. The summed E-state index contributed by atoms with van der Waals surface area (Å²) in [6.07, 6.45) is 3.58. The molecule has 0 fully saturated rings. The fourth-order valence-electron chi connectivity index (χ4n) is 2.22. The highest BCUT2D eigenvalue weighted by Crippen LogP contribution is 2.19. The second-order valence-electron chi connectivity index (χ2n) is 4.63. The van der Waals surface area contributed by atoms with Crippen molar-refractivity contribution in [2.75, 3.05) is 0 Å². The minimum atomic E-state index is -0.298. The van der Waals surface area contributed by atoms with Crippen LogP contribution in [0.4, 0.5) is 4.39 Å². The first-order chi connectivity index (χ1) is 9.74. The molecule has 0 unspecified atom stereocenters. The first kappa shape index (κ1) is 12.5. The van der Waals surface area contributed by atoms with E-state index in [9.17, 15) is 9.18 Å². The molecule has 0 radical (unpaired) electrons. The van der Waals surface area contributed by atoms with Gasteiger partial charge in [-0.25, -0.2) is 4.39 Å². The van der Waals surface area contributed by atoms with E-state index in [2.05, 4.69) is 4.98 Å². The van der Waals surface area contributed by atoms with Crippen LogP contribution in [0.1, 0.15) is 15.9 Å². The molecule has 0 N–H and O–H groups in total. The number of hydrogen-bond acceptors (Lipinski definition) is 2. The van der Waals surface area contributed by atoms with Crippen molar-refractivity contribution in [3.05, 3.63) is 77.9 Å². The Morgan fingerprint density at radius 3 is 2.55 bits per heavy atom. The molecule has 1 aromatic heterocycles. The molecule has 20 heavy (non-hydrogen) atoms. The molecule has 0 amide bonds. The molecule has 98 valence electrons. The average molecular weight is 265 g/mol. The van der Waals surface area contributed by atoms with Gasteiger partial charge in [0.15, 0.2) is 5.78 Å². The fraction of sp³-hybridized carbons (Fsp3) is 0.0588. The van der Waals surface area contributed by atoms with Gasteiger partial charge in [-0.1, -0.05) is 36.4 Å². The van der Waals surface area contributed by atoms with Crippen LogP contribution in [0.3, 0.4) is 0 Å². The largest absolute Gasteiger partial charge is 0.294 e. The van der Waals surface area contributed by atoms with Gasteiger partial charge in [-0.3, -0.25) is 9.78 Å². The maximum atomic E-state index is 12.9. The Balaban J connectivity index is 1.94. The molecule has 0 saturated heterocycles. The summed E-state index contributed by atoms with van der Waals surface area (Å²) in [5.74, 6) is -0.311. The predicted molar refractivity (Wildman–Crippen MR) is 76.2 cm³/mol. The number of aromatic nitrogens is 1. The third-order valence-electron chi connectivity index (χ3n) is 3.25. The number of fused-ring (bicyclic) bond motifs is 1. The van der Waals surface area contributed by atoms with Crippen molar-refractivity contribution < 1.29 is 9.18 Å². The number of carbonyl (C=O) groups excluding carboxylic acids is 1. The molecule has 2 aromatic carbocycles. The van der Waals surface area contributed by atoms with Crippen LogP contribution in [-0.2, 0) is 6.42 Å². The van der Waals surface area contributed by atoms with E-state index >= 15 is 0 Å². The highest BCUT2D eigenvalue weighted by atomic mass is 19.1. The summed E-state index contributed by atoms with van der Waals surface area (Å²) in [6.45, 7) is 0. The number of halogens is 1. The van der Waals surface area contributed by atoms with Gasteiger partial charge in [-0.2, -0.15) is 0 Å². The van der Waals surface area contributed by atoms with Gasteiger partial charge < -0.3 is 0 Å². The molecular weight excluding hydrogens is 253 g/mol. The second-order valence-corrected chi connectivity index (χ2v) is 4.63. The van der Waals surface area contributed by atoms with Gasteiger partial charge in [-0.05, 0) is 23.1 Å². The van der Waals surface area contributed by atoms with Gasteiger partial charge in [0, 0.05) is 29.8 Å². The quantitative estimate of drug-likeness (QED) is 0.674. The maximum absolute atomic E-state index is 12.9. The number of ketones is 1. The lowest BCUT2D eigenvalue weighted by Crippen LogP contribution is -2.05. The second kappa shape index (κ2) is 5.21. The number of Topliss-reactive ketones (excluding diaryl/α,β-unsaturated/α-hetero) is 1. The van der Waals surface area contributed by atoms with E-state index in [1.54, 1.807) is 24.5 Å². The third kappa shape index (κ3) is 2.43. The van der Waals surface area contributed by atoms with Crippen LogP contribution < -0.4 is 0 Å². The number of pyridine rings is 1. The number of nitrogens with zero attached hydrogens (tertiary/aromatic N) is 1. The van der Waals surface area contributed by atoms with E-state index in [4.69, 9.17) is 0 Å². The van der Waals surface area contributed by atoms with Crippen molar-refractivity contribution >= 4 is 16.6 Å². The molecule has 3 heteroatoms. The monoisotopic (exact) mass is 265 g/mol. The van der Waals surface area contributed by atoms with Crippen molar-refractivity contribution in [3.8, 4) is 0 Å². The predicted octanol–water partition coefficient (Wildman–Crippen LogP) is 3.80. The topological polar surface area (TPSA) is 30.0 Å². The van der Waals surface area contributed by atoms with Crippen LogP contribution >= 0.6 is 0 Å². The van der Waals surface area contributed by atoms with Crippen molar-refractivity contribution in [3.63, 3.8) is 0 Å². The average Bonchev–Trinajstić information content (AvgIpc) is 2.49. The van der Waals surface area contributed by atoms with Gasteiger partial charge >= 0.3 is 0 Å². The SMILES string of the molecule is O=C(Cc1ccc(F)cc1)c1cncc2ccccc12. The van der Waals surface area contributed by atoms with E-state index in [-0.39, 0.29) is 18.0 Å². The molecule has 0 bridgehead atoms. The number of hydrogen-bond donors (Lipinski definition) is 0. The lowest BCUT2D eigenvalue weighted by molar-refractivity contribution is 0.0994. The Morgan fingerprint density at radius 1 is 1.00 bits per heavy atom. The first-order valence-corrected chi connectivity index (χ1v) is 6.34. The smallest absolute Gasteiger partial charge is 0.169 e. The van der Waals surface area contributed by atoms with Gasteiger partial charge in [0.25, 0.3) is 0 Å². The lowest BCUT2D eigenvalue weighted by Gasteiger charge is -2.05. The van der Waals surface area contributed by atoms with Crippen molar-refractivity contribution in [2.45, 2.75) is 6.42 Å². The molecule has 2 nitrogen and oxygen atoms in total. The molecular formula is C17H12FNO. The van der Waals surface area contributed by atoms with E-state index in [1.807, 2.05) is 24.3 Å². The van der Waals surface area contributed by atoms with Gasteiger partial charge in [0.05, 0.1) is 0 Å². The van der Waals surface area contributed by atoms with Crippen molar-refractivity contribution in [1.29, 1.82) is 0 Å². The van der Waals surface area contributed by atoms with Crippen LogP contribution in [-0.4, -0.2) is 10.8 Å².